The molecule has 28 heavy (non-hydrogen) atoms. The Morgan fingerprint density at radius 3 is 2.89 bits per heavy atom. The molecule has 1 aromatic carbocycles. The second-order valence-electron chi connectivity index (χ2n) is 6.90. The molecule has 2 heterocycles. The van der Waals surface area contributed by atoms with Crippen LogP contribution < -0.4 is 9.47 Å². The van der Waals surface area contributed by atoms with E-state index in [1.807, 2.05) is 35.9 Å². The maximum absolute atomic E-state index is 11.3. The normalized spacial score (nSPS) is 20.1. The summed E-state index contributed by atoms with van der Waals surface area (Å²) in [7, 11) is 0. The predicted octanol–water partition coefficient (Wildman–Crippen LogP) is 1.63. The molecular formula is C20H27N3O5. The molecule has 0 bridgehead atoms. The summed E-state index contributed by atoms with van der Waals surface area (Å²) in [5, 5.41) is 19.1. The summed E-state index contributed by atoms with van der Waals surface area (Å²) >= 11 is 0. The number of carboxylic acids is 1. The lowest BCUT2D eigenvalue weighted by molar-refractivity contribution is -0.149. The number of imidazole rings is 1. The van der Waals surface area contributed by atoms with Gasteiger partial charge in [-0.2, -0.15) is 0 Å². The van der Waals surface area contributed by atoms with E-state index >= 15 is 0 Å². The first-order valence-electron chi connectivity index (χ1n) is 9.54. The smallest absolute Gasteiger partial charge is 0.310 e. The Morgan fingerprint density at radius 1 is 1.32 bits per heavy atom. The molecule has 1 aromatic heterocycles. The van der Waals surface area contributed by atoms with E-state index in [1.165, 1.54) is 0 Å². The van der Waals surface area contributed by atoms with Gasteiger partial charge < -0.3 is 24.3 Å². The molecule has 1 saturated heterocycles. The van der Waals surface area contributed by atoms with Gasteiger partial charge in [0.1, 0.15) is 6.61 Å². The Bertz CT molecular complexity index is 765. The van der Waals surface area contributed by atoms with Crippen LogP contribution in [0.2, 0.25) is 0 Å². The van der Waals surface area contributed by atoms with Gasteiger partial charge in [0, 0.05) is 32.0 Å². The molecule has 152 valence electrons. The SMILES string of the molecule is CCOc1cc(CN2CC[C@@H](O)[C@H](C(=O)O)C2)ccc1OCCn1ccnc1. The Balaban J connectivity index is 1.62. The molecule has 1 fully saturated rings. The van der Waals surface area contributed by atoms with Crippen molar-refractivity contribution in [3.05, 3.63) is 42.5 Å². The number of likely N-dealkylation sites (tertiary alicyclic amines) is 1. The highest BCUT2D eigenvalue weighted by atomic mass is 16.5. The molecule has 0 amide bonds. The van der Waals surface area contributed by atoms with E-state index in [2.05, 4.69) is 9.88 Å². The van der Waals surface area contributed by atoms with Gasteiger partial charge in [0.05, 0.1) is 31.5 Å². The number of rotatable bonds is 9. The van der Waals surface area contributed by atoms with E-state index in [0.29, 0.717) is 57.3 Å². The van der Waals surface area contributed by atoms with Gasteiger partial charge in [0.15, 0.2) is 11.5 Å². The van der Waals surface area contributed by atoms with E-state index in [9.17, 15) is 15.0 Å². The van der Waals surface area contributed by atoms with Crippen molar-refractivity contribution in [2.75, 3.05) is 26.3 Å². The molecule has 8 heteroatoms. The third-order valence-corrected chi connectivity index (χ3v) is 4.86. The first kappa shape index (κ1) is 20.2. The number of carboxylic acid groups (broad SMARTS) is 1. The monoisotopic (exact) mass is 389 g/mol. The summed E-state index contributed by atoms with van der Waals surface area (Å²) in [6.07, 6.45) is 5.05. The quantitative estimate of drug-likeness (QED) is 0.673. The summed E-state index contributed by atoms with van der Waals surface area (Å²) in [4.78, 5) is 17.4. The van der Waals surface area contributed by atoms with Crippen molar-refractivity contribution < 1.29 is 24.5 Å². The van der Waals surface area contributed by atoms with E-state index < -0.39 is 18.0 Å². The molecule has 1 aliphatic heterocycles. The Hall–Kier alpha value is -2.58. The standard InChI is InChI=1S/C20H27N3O5/c1-2-27-19-11-15(12-23-7-5-17(24)16(13-23)20(25)26)3-4-18(19)28-10-9-22-8-6-21-14-22/h3-4,6,8,11,14,16-17,24H,2,5,7,9-10,12-13H2,1H3,(H,25,26)/t16-,17-/m1/s1. The van der Waals surface area contributed by atoms with Crippen LogP contribution in [0.4, 0.5) is 0 Å². The number of nitrogens with zero attached hydrogens (tertiary/aromatic N) is 3. The van der Waals surface area contributed by atoms with Crippen LogP contribution in [0, 0.1) is 5.92 Å². The van der Waals surface area contributed by atoms with E-state index in [4.69, 9.17) is 9.47 Å². The average Bonchev–Trinajstić information content (AvgIpc) is 3.18. The number of piperidine rings is 1. The number of aliphatic hydroxyl groups is 1. The fraction of sp³-hybridized carbons (Fsp3) is 0.500. The van der Waals surface area contributed by atoms with Crippen LogP contribution in [0.5, 0.6) is 11.5 Å². The number of hydrogen-bond acceptors (Lipinski definition) is 6. The largest absolute Gasteiger partial charge is 0.490 e. The molecule has 0 unspecified atom stereocenters. The molecule has 1 aliphatic rings. The Labute approximate surface area is 164 Å². The minimum atomic E-state index is -0.950. The highest BCUT2D eigenvalue weighted by Gasteiger charge is 2.33. The lowest BCUT2D eigenvalue weighted by atomic mass is 9.94. The molecule has 2 N–H and O–H groups in total. The van der Waals surface area contributed by atoms with Crippen molar-refractivity contribution in [1.29, 1.82) is 0 Å². The number of aliphatic carboxylic acids is 1. The van der Waals surface area contributed by atoms with E-state index in [1.54, 1.807) is 12.5 Å². The van der Waals surface area contributed by atoms with Gasteiger partial charge in [-0.25, -0.2) is 4.98 Å². The fourth-order valence-electron chi connectivity index (χ4n) is 3.37. The number of carbonyl (C=O) groups is 1. The molecule has 8 nitrogen and oxygen atoms in total. The lowest BCUT2D eigenvalue weighted by Crippen LogP contribution is -2.46. The zero-order chi connectivity index (χ0) is 19.9. The van der Waals surface area contributed by atoms with Gasteiger partial charge in [-0.3, -0.25) is 9.69 Å². The van der Waals surface area contributed by atoms with Gasteiger partial charge in [-0.1, -0.05) is 6.07 Å². The van der Waals surface area contributed by atoms with Gasteiger partial charge in [0.2, 0.25) is 0 Å². The van der Waals surface area contributed by atoms with Crippen LogP contribution in [0.25, 0.3) is 0 Å². The summed E-state index contributed by atoms with van der Waals surface area (Å²) in [6.45, 7) is 5.25. The van der Waals surface area contributed by atoms with Gasteiger partial charge in [-0.15, -0.1) is 0 Å². The first-order chi connectivity index (χ1) is 13.6. The maximum atomic E-state index is 11.3. The molecule has 3 rings (SSSR count). The Kier molecular flexibility index (Phi) is 6.89. The van der Waals surface area contributed by atoms with Crippen molar-refractivity contribution in [3.8, 4) is 11.5 Å². The van der Waals surface area contributed by atoms with Gasteiger partial charge in [-0.05, 0) is 31.0 Å². The average molecular weight is 389 g/mol. The Morgan fingerprint density at radius 2 is 2.18 bits per heavy atom. The molecule has 0 saturated carbocycles. The molecule has 0 aliphatic carbocycles. The third-order valence-electron chi connectivity index (χ3n) is 4.86. The zero-order valence-corrected chi connectivity index (χ0v) is 16.0. The highest BCUT2D eigenvalue weighted by Crippen LogP contribution is 2.30. The van der Waals surface area contributed by atoms with E-state index in [0.717, 1.165) is 5.56 Å². The minimum absolute atomic E-state index is 0.337. The molecule has 0 spiro atoms. The van der Waals surface area contributed by atoms with Crippen LogP contribution in [0.1, 0.15) is 18.9 Å². The molecule has 0 radical (unpaired) electrons. The minimum Gasteiger partial charge on any atom is -0.490 e. The summed E-state index contributed by atoms with van der Waals surface area (Å²) in [5.74, 6) is -0.333. The zero-order valence-electron chi connectivity index (χ0n) is 16.0. The van der Waals surface area contributed by atoms with Crippen LogP contribution >= 0.6 is 0 Å². The molecular weight excluding hydrogens is 362 g/mol. The molecule has 2 atom stereocenters. The van der Waals surface area contributed by atoms with Crippen LogP contribution in [0.15, 0.2) is 36.9 Å². The summed E-state index contributed by atoms with van der Waals surface area (Å²) in [6, 6.07) is 5.80. The van der Waals surface area contributed by atoms with Gasteiger partial charge in [0.25, 0.3) is 0 Å². The third kappa shape index (κ3) is 5.24. The summed E-state index contributed by atoms with van der Waals surface area (Å²) in [5.41, 5.74) is 1.02. The second kappa shape index (κ2) is 9.57. The first-order valence-corrected chi connectivity index (χ1v) is 9.54. The van der Waals surface area contributed by atoms with Crippen molar-refractivity contribution in [2.24, 2.45) is 5.92 Å². The topological polar surface area (TPSA) is 97.0 Å². The van der Waals surface area contributed by atoms with Gasteiger partial charge >= 0.3 is 5.97 Å². The van der Waals surface area contributed by atoms with Crippen molar-refractivity contribution in [2.45, 2.75) is 32.5 Å². The number of aromatic nitrogens is 2. The number of ether oxygens (including phenoxy) is 2. The van der Waals surface area contributed by atoms with Crippen molar-refractivity contribution in [3.63, 3.8) is 0 Å². The fourth-order valence-corrected chi connectivity index (χ4v) is 3.37. The van der Waals surface area contributed by atoms with E-state index in [-0.39, 0.29) is 0 Å². The lowest BCUT2D eigenvalue weighted by Gasteiger charge is -2.34. The number of aliphatic hydroxyl groups excluding tert-OH is 1. The van der Waals surface area contributed by atoms with Crippen molar-refractivity contribution in [1.82, 2.24) is 14.5 Å². The second-order valence-corrected chi connectivity index (χ2v) is 6.90. The summed E-state index contributed by atoms with van der Waals surface area (Å²) < 4.78 is 13.5. The number of hydrogen-bond donors (Lipinski definition) is 2. The predicted molar refractivity (Wildman–Crippen MR) is 102 cm³/mol. The van der Waals surface area contributed by atoms with Crippen LogP contribution in [-0.4, -0.2) is 63.0 Å². The van der Waals surface area contributed by atoms with Crippen molar-refractivity contribution >= 4 is 5.97 Å². The highest BCUT2D eigenvalue weighted by molar-refractivity contribution is 5.71. The van der Waals surface area contributed by atoms with Crippen LogP contribution in [-0.2, 0) is 17.9 Å². The molecule has 2 aromatic rings. The number of benzene rings is 1. The maximum Gasteiger partial charge on any atom is 0.310 e. The van der Waals surface area contributed by atoms with Crippen LogP contribution in [0.3, 0.4) is 0 Å².